The lowest BCUT2D eigenvalue weighted by Gasteiger charge is -2.23. The molecule has 5 aromatic rings. The van der Waals surface area contributed by atoms with Gasteiger partial charge in [-0.25, -0.2) is 0 Å². The van der Waals surface area contributed by atoms with E-state index in [2.05, 4.69) is 153 Å². The van der Waals surface area contributed by atoms with E-state index < -0.39 is 0 Å². The number of rotatable bonds is 5. The highest BCUT2D eigenvalue weighted by Crippen LogP contribution is 2.42. The third-order valence-corrected chi connectivity index (χ3v) is 7.49. The van der Waals surface area contributed by atoms with Gasteiger partial charge in [0.25, 0.3) is 6.73 Å². The summed E-state index contributed by atoms with van der Waals surface area (Å²) in [5.74, 6) is 0.896. The molecule has 1 aliphatic rings. The van der Waals surface area contributed by atoms with Crippen molar-refractivity contribution in [2.24, 2.45) is 0 Å². The van der Waals surface area contributed by atoms with E-state index in [9.17, 15) is 0 Å². The van der Waals surface area contributed by atoms with E-state index in [0.717, 1.165) is 22.4 Å². The minimum absolute atomic E-state index is 0.465. The van der Waals surface area contributed by atoms with Gasteiger partial charge < -0.3 is 4.74 Å². The molecule has 0 aromatic heterocycles. The maximum absolute atomic E-state index is 6.65. The Morgan fingerprint density at radius 3 is 1.51 bits per heavy atom. The second-order valence-electron chi connectivity index (χ2n) is 10.1. The maximum atomic E-state index is 6.65. The molecule has 0 aliphatic carbocycles. The molecule has 0 atom stereocenters. The molecule has 0 N–H and O–H groups in total. The van der Waals surface area contributed by atoms with Gasteiger partial charge in [-0.15, -0.1) is 0 Å². The van der Waals surface area contributed by atoms with E-state index >= 15 is 0 Å². The highest BCUT2D eigenvalue weighted by molar-refractivity contribution is 6.01. The summed E-state index contributed by atoms with van der Waals surface area (Å²) in [6.07, 6.45) is 2.20. The quantitative estimate of drug-likeness (QED) is 0.216. The minimum Gasteiger partial charge on any atom is -0.435 e. The predicted molar refractivity (Wildman–Crippen MR) is 163 cm³/mol. The Bertz CT molecular complexity index is 1620. The van der Waals surface area contributed by atoms with Gasteiger partial charge in [-0.2, -0.15) is 4.58 Å². The van der Waals surface area contributed by atoms with E-state index in [4.69, 9.17) is 4.74 Å². The third kappa shape index (κ3) is 4.82. The molecule has 0 saturated carbocycles. The molecule has 0 spiro atoms. The van der Waals surface area contributed by atoms with Crippen molar-refractivity contribution in [2.45, 2.75) is 20.8 Å². The topological polar surface area (TPSA) is 12.2 Å². The molecular formula is C37H32NO+. The van der Waals surface area contributed by atoms with Crippen molar-refractivity contribution in [3.63, 3.8) is 0 Å². The smallest absolute Gasteiger partial charge is 0.292 e. The van der Waals surface area contributed by atoms with Crippen molar-refractivity contribution < 1.29 is 9.31 Å². The van der Waals surface area contributed by atoms with E-state index in [0.29, 0.717) is 6.73 Å². The molecule has 6 rings (SSSR count). The third-order valence-electron chi connectivity index (χ3n) is 7.49. The van der Waals surface area contributed by atoms with Crippen LogP contribution in [-0.2, 0) is 4.74 Å². The molecule has 5 aromatic carbocycles. The van der Waals surface area contributed by atoms with Gasteiger partial charge in [0.1, 0.15) is 5.76 Å². The fourth-order valence-corrected chi connectivity index (χ4v) is 5.56. The lowest BCUT2D eigenvalue weighted by molar-refractivity contribution is -0.485. The normalized spacial score (nSPS) is 13.2. The Morgan fingerprint density at radius 1 is 0.538 bits per heavy atom. The number of aryl methyl sites for hydroxylation is 2. The Kier molecular flexibility index (Phi) is 6.69. The number of ether oxygens (including phenoxy) is 1. The number of benzene rings is 5. The van der Waals surface area contributed by atoms with Gasteiger partial charge in [0.05, 0.1) is 0 Å². The molecular weight excluding hydrogens is 474 g/mol. The summed E-state index contributed by atoms with van der Waals surface area (Å²) in [4.78, 5) is 0. The Labute approximate surface area is 231 Å². The van der Waals surface area contributed by atoms with Gasteiger partial charge >= 0.3 is 0 Å². The second-order valence-corrected chi connectivity index (χ2v) is 10.1. The largest absolute Gasteiger partial charge is 0.435 e. The highest BCUT2D eigenvalue weighted by atomic mass is 16.5. The summed E-state index contributed by atoms with van der Waals surface area (Å²) in [5, 5.41) is 0. The summed E-state index contributed by atoms with van der Waals surface area (Å²) >= 11 is 0. The van der Waals surface area contributed by atoms with Crippen LogP contribution in [0.3, 0.4) is 0 Å². The van der Waals surface area contributed by atoms with Crippen LogP contribution in [-0.4, -0.2) is 17.0 Å². The van der Waals surface area contributed by atoms with Crippen LogP contribution in [0.25, 0.3) is 39.1 Å². The highest BCUT2D eigenvalue weighted by Gasteiger charge is 2.27. The first-order valence-electron chi connectivity index (χ1n) is 13.5. The van der Waals surface area contributed by atoms with Crippen LogP contribution in [0.15, 0.2) is 127 Å². The number of allylic oxidation sites excluding steroid dienone is 1. The summed E-state index contributed by atoms with van der Waals surface area (Å²) in [7, 11) is 0. The zero-order valence-electron chi connectivity index (χ0n) is 22.7. The first-order valence-corrected chi connectivity index (χ1v) is 13.5. The average molecular weight is 507 g/mol. The van der Waals surface area contributed by atoms with Crippen LogP contribution in [0.5, 0.6) is 0 Å². The van der Waals surface area contributed by atoms with E-state index in [1.54, 1.807) is 0 Å². The molecule has 0 radical (unpaired) electrons. The standard InChI is InChI=1S/C37H32NO/c1-26-14-13-15-27(2)37(26)38-25-39-35(22-28(38)3)36-33(30-18-9-5-10-19-30)23-32(29-16-7-4-8-17-29)24-34(36)31-20-11-6-12-21-31/h4-24H,25H2,1-3H3/q+1. The van der Waals surface area contributed by atoms with E-state index in [1.165, 1.54) is 44.8 Å². The molecule has 39 heavy (non-hydrogen) atoms. The molecule has 0 bridgehead atoms. The lowest BCUT2D eigenvalue weighted by Crippen LogP contribution is -2.23. The van der Waals surface area contributed by atoms with Gasteiger partial charge in [0.15, 0.2) is 5.71 Å². The van der Waals surface area contributed by atoms with Crippen LogP contribution in [0.4, 0.5) is 5.69 Å². The molecule has 0 amide bonds. The fourth-order valence-electron chi connectivity index (χ4n) is 5.56. The molecule has 0 saturated heterocycles. The lowest BCUT2D eigenvalue weighted by atomic mass is 9.86. The van der Waals surface area contributed by atoms with Crippen molar-refractivity contribution in [3.05, 3.63) is 144 Å². The minimum atomic E-state index is 0.465. The van der Waals surface area contributed by atoms with Crippen molar-refractivity contribution in [3.8, 4) is 33.4 Å². The summed E-state index contributed by atoms with van der Waals surface area (Å²) < 4.78 is 8.92. The summed E-state index contributed by atoms with van der Waals surface area (Å²) in [6.45, 7) is 6.97. The number of hydrogen-bond donors (Lipinski definition) is 0. The predicted octanol–water partition coefficient (Wildman–Crippen LogP) is 9.44. The molecule has 2 heteroatoms. The van der Waals surface area contributed by atoms with Crippen LogP contribution in [0, 0.1) is 13.8 Å². The van der Waals surface area contributed by atoms with Gasteiger partial charge in [0, 0.05) is 29.7 Å². The van der Waals surface area contributed by atoms with Crippen molar-refractivity contribution in [1.29, 1.82) is 0 Å². The molecule has 190 valence electrons. The maximum Gasteiger partial charge on any atom is 0.292 e. The summed E-state index contributed by atoms with van der Waals surface area (Å²) in [5.41, 5.74) is 13.0. The van der Waals surface area contributed by atoms with Crippen LogP contribution < -0.4 is 0 Å². The molecule has 1 aliphatic heterocycles. The van der Waals surface area contributed by atoms with Crippen molar-refractivity contribution in [2.75, 3.05) is 6.73 Å². The van der Waals surface area contributed by atoms with Crippen molar-refractivity contribution >= 4 is 17.2 Å². The molecule has 0 fully saturated rings. The number of para-hydroxylation sites is 1. The Balaban J connectivity index is 1.62. The van der Waals surface area contributed by atoms with Gasteiger partial charge in [-0.1, -0.05) is 109 Å². The van der Waals surface area contributed by atoms with E-state index in [1.807, 2.05) is 0 Å². The summed E-state index contributed by atoms with van der Waals surface area (Å²) in [6, 6.07) is 43.0. The van der Waals surface area contributed by atoms with Crippen LogP contribution in [0.2, 0.25) is 0 Å². The van der Waals surface area contributed by atoms with Gasteiger partial charge in [0.2, 0.25) is 5.69 Å². The number of hydrogen-bond acceptors (Lipinski definition) is 1. The van der Waals surface area contributed by atoms with Gasteiger partial charge in [-0.05, 0) is 59.4 Å². The molecule has 1 heterocycles. The average Bonchev–Trinajstić information content (AvgIpc) is 2.98. The number of nitrogens with zero attached hydrogens (tertiary/aromatic N) is 1. The monoisotopic (exact) mass is 506 g/mol. The molecule has 0 unspecified atom stereocenters. The zero-order chi connectivity index (χ0) is 26.8. The SMILES string of the molecule is CC1=[N+](c2c(C)cccc2C)COC(c2c(-c3ccccc3)cc(-c3ccccc3)cc2-c2ccccc2)=C1. The Morgan fingerprint density at radius 2 is 1.03 bits per heavy atom. The zero-order valence-corrected chi connectivity index (χ0v) is 22.7. The van der Waals surface area contributed by atoms with Crippen LogP contribution in [0.1, 0.15) is 23.6 Å². The Hall–Kier alpha value is -4.69. The fraction of sp³-hybridized carbons (Fsp3) is 0.108. The molecule has 2 nitrogen and oxygen atoms in total. The first-order chi connectivity index (χ1) is 19.1. The van der Waals surface area contributed by atoms with E-state index in [-0.39, 0.29) is 0 Å². The first kappa shape index (κ1) is 24.6. The van der Waals surface area contributed by atoms with Gasteiger partial charge in [-0.3, -0.25) is 0 Å². The van der Waals surface area contributed by atoms with Crippen molar-refractivity contribution in [1.82, 2.24) is 0 Å². The van der Waals surface area contributed by atoms with Crippen LogP contribution >= 0.6 is 0 Å². The second kappa shape index (κ2) is 10.6.